The van der Waals surface area contributed by atoms with E-state index in [-0.39, 0.29) is 11.9 Å². The van der Waals surface area contributed by atoms with Crippen LogP contribution >= 0.6 is 0 Å². The molecule has 4 rings (SSSR count). The second-order valence-corrected chi connectivity index (χ2v) is 7.41. The topological polar surface area (TPSA) is 35.6 Å². The number of nitrogens with one attached hydrogen (secondary N) is 1. The normalized spacial score (nSPS) is 20.5. The molecule has 1 unspecified atom stereocenters. The van der Waals surface area contributed by atoms with Crippen LogP contribution in [0, 0.1) is 0 Å². The van der Waals surface area contributed by atoms with Crippen molar-refractivity contribution in [2.45, 2.75) is 38.4 Å². The van der Waals surface area contributed by atoms with E-state index in [0.717, 1.165) is 45.6 Å². The minimum Gasteiger partial charge on any atom is -0.352 e. The summed E-state index contributed by atoms with van der Waals surface area (Å²) >= 11 is 0. The molecular formula is C21H27N3O. The second kappa shape index (κ2) is 7.14. The van der Waals surface area contributed by atoms with Gasteiger partial charge >= 0.3 is 0 Å². The van der Waals surface area contributed by atoms with E-state index in [0.29, 0.717) is 6.04 Å². The van der Waals surface area contributed by atoms with Crippen LogP contribution in [-0.4, -0.2) is 54.0 Å². The van der Waals surface area contributed by atoms with E-state index in [9.17, 15) is 4.79 Å². The maximum absolute atomic E-state index is 12.2. The molecule has 1 saturated carbocycles. The molecule has 1 N–H and O–H groups in total. The van der Waals surface area contributed by atoms with E-state index in [1.54, 1.807) is 0 Å². The number of rotatable bonds is 5. The van der Waals surface area contributed by atoms with E-state index in [4.69, 9.17) is 0 Å². The van der Waals surface area contributed by atoms with Crippen LogP contribution in [0.25, 0.3) is 10.8 Å². The highest BCUT2D eigenvalue weighted by atomic mass is 16.2. The fourth-order valence-corrected chi connectivity index (χ4v) is 3.70. The summed E-state index contributed by atoms with van der Waals surface area (Å²) in [5, 5.41) is 5.79. The molecular weight excluding hydrogens is 310 g/mol. The Kier molecular flexibility index (Phi) is 4.73. The minimum absolute atomic E-state index is 0.0136. The largest absolute Gasteiger partial charge is 0.352 e. The van der Waals surface area contributed by atoms with Crippen LogP contribution in [0.3, 0.4) is 0 Å². The Morgan fingerprint density at radius 1 is 1.08 bits per heavy atom. The molecule has 2 fully saturated rings. The maximum atomic E-state index is 12.2. The Morgan fingerprint density at radius 2 is 1.80 bits per heavy atom. The molecule has 1 aliphatic heterocycles. The minimum atomic E-state index is -0.0136. The average Bonchev–Trinajstić information content (AvgIpc) is 3.46. The van der Waals surface area contributed by atoms with E-state index < -0.39 is 0 Å². The lowest BCUT2D eigenvalue weighted by Gasteiger charge is -2.37. The van der Waals surface area contributed by atoms with Crippen molar-refractivity contribution in [3.63, 3.8) is 0 Å². The van der Waals surface area contributed by atoms with Crippen LogP contribution in [0.15, 0.2) is 42.5 Å². The number of hydrogen-bond acceptors (Lipinski definition) is 3. The Balaban J connectivity index is 1.34. The number of hydrogen-bond donors (Lipinski definition) is 1. The Hall–Kier alpha value is -1.91. The number of benzene rings is 2. The van der Waals surface area contributed by atoms with E-state index in [1.807, 2.05) is 6.92 Å². The van der Waals surface area contributed by atoms with Crippen molar-refractivity contribution in [1.82, 2.24) is 15.1 Å². The smallest absolute Gasteiger partial charge is 0.237 e. The van der Waals surface area contributed by atoms with Crippen molar-refractivity contribution in [1.29, 1.82) is 0 Å². The molecule has 1 saturated heterocycles. The monoisotopic (exact) mass is 337 g/mol. The van der Waals surface area contributed by atoms with Gasteiger partial charge in [0.2, 0.25) is 5.91 Å². The zero-order valence-electron chi connectivity index (χ0n) is 14.9. The molecule has 132 valence electrons. The third kappa shape index (κ3) is 3.86. The fraction of sp³-hybridized carbons (Fsp3) is 0.476. The summed E-state index contributed by atoms with van der Waals surface area (Å²) in [5.74, 6) is 0.199. The first kappa shape index (κ1) is 16.6. The van der Waals surface area contributed by atoms with Gasteiger partial charge in [0.25, 0.3) is 0 Å². The lowest BCUT2D eigenvalue weighted by Crippen LogP contribution is -2.53. The van der Waals surface area contributed by atoms with Crippen LogP contribution in [0.4, 0.5) is 0 Å². The highest BCUT2D eigenvalue weighted by Gasteiger charge is 2.29. The van der Waals surface area contributed by atoms with Crippen LogP contribution < -0.4 is 5.32 Å². The number of fused-ring (bicyclic) bond motifs is 1. The van der Waals surface area contributed by atoms with Gasteiger partial charge in [-0.05, 0) is 36.1 Å². The van der Waals surface area contributed by atoms with Gasteiger partial charge < -0.3 is 5.32 Å². The molecule has 2 aromatic carbocycles. The summed E-state index contributed by atoms with van der Waals surface area (Å²) in [5.41, 5.74) is 1.39. The zero-order valence-corrected chi connectivity index (χ0v) is 14.9. The molecule has 2 aromatic rings. The Labute approximate surface area is 149 Å². The van der Waals surface area contributed by atoms with Gasteiger partial charge in [-0.15, -0.1) is 0 Å². The quantitative estimate of drug-likeness (QED) is 0.911. The highest BCUT2D eigenvalue weighted by molar-refractivity contribution is 5.85. The SMILES string of the molecule is CC(C(=O)NC1CC1)N1CCN(Cc2cccc3ccccc23)CC1. The van der Waals surface area contributed by atoms with Gasteiger partial charge in [-0.25, -0.2) is 0 Å². The van der Waals surface area contributed by atoms with Gasteiger partial charge in [-0.3, -0.25) is 14.6 Å². The summed E-state index contributed by atoms with van der Waals surface area (Å²) in [6.45, 7) is 6.98. The summed E-state index contributed by atoms with van der Waals surface area (Å²) < 4.78 is 0. The Morgan fingerprint density at radius 3 is 2.56 bits per heavy atom. The summed E-state index contributed by atoms with van der Waals surface area (Å²) in [4.78, 5) is 17.1. The van der Waals surface area contributed by atoms with Crippen molar-refractivity contribution < 1.29 is 4.79 Å². The predicted molar refractivity (Wildman–Crippen MR) is 101 cm³/mol. The van der Waals surface area contributed by atoms with E-state index >= 15 is 0 Å². The molecule has 1 amide bonds. The summed E-state index contributed by atoms with van der Waals surface area (Å²) in [6, 6.07) is 15.6. The van der Waals surface area contributed by atoms with Gasteiger partial charge in [0.15, 0.2) is 0 Å². The first-order valence-corrected chi connectivity index (χ1v) is 9.44. The molecule has 1 heterocycles. The molecule has 0 bridgehead atoms. The maximum Gasteiger partial charge on any atom is 0.237 e. The molecule has 0 aromatic heterocycles. The predicted octanol–water partition coefficient (Wildman–Crippen LogP) is 2.62. The third-order valence-corrected chi connectivity index (χ3v) is 5.53. The second-order valence-electron chi connectivity index (χ2n) is 7.41. The van der Waals surface area contributed by atoms with Crippen LogP contribution in [0.2, 0.25) is 0 Å². The van der Waals surface area contributed by atoms with Crippen molar-refractivity contribution in [2.24, 2.45) is 0 Å². The van der Waals surface area contributed by atoms with Crippen molar-refractivity contribution in [2.75, 3.05) is 26.2 Å². The van der Waals surface area contributed by atoms with Gasteiger partial charge in [0, 0.05) is 38.8 Å². The average molecular weight is 337 g/mol. The number of nitrogens with zero attached hydrogens (tertiary/aromatic N) is 2. The number of amides is 1. The first-order valence-electron chi connectivity index (χ1n) is 9.44. The lowest BCUT2D eigenvalue weighted by atomic mass is 10.0. The van der Waals surface area contributed by atoms with Crippen LogP contribution in [-0.2, 0) is 11.3 Å². The summed E-state index contributed by atoms with van der Waals surface area (Å²) in [7, 11) is 0. The lowest BCUT2D eigenvalue weighted by molar-refractivity contribution is -0.126. The molecule has 0 spiro atoms. The number of carbonyl (C=O) groups excluding carboxylic acids is 1. The molecule has 2 aliphatic rings. The van der Waals surface area contributed by atoms with Gasteiger partial charge in [-0.2, -0.15) is 0 Å². The van der Waals surface area contributed by atoms with Crippen LogP contribution in [0.1, 0.15) is 25.3 Å². The van der Waals surface area contributed by atoms with Gasteiger partial charge in [0.05, 0.1) is 6.04 Å². The van der Waals surface area contributed by atoms with Gasteiger partial charge in [0.1, 0.15) is 0 Å². The molecule has 1 aliphatic carbocycles. The molecule has 25 heavy (non-hydrogen) atoms. The van der Waals surface area contributed by atoms with Crippen LogP contribution in [0.5, 0.6) is 0 Å². The summed E-state index contributed by atoms with van der Waals surface area (Å²) in [6.07, 6.45) is 2.30. The first-order chi connectivity index (χ1) is 12.2. The van der Waals surface area contributed by atoms with Crippen molar-refractivity contribution >= 4 is 16.7 Å². The van der Waals surface area contributed by atoms with Gasteiger partial charge in [-0.1, -0.05) is 42.5 Å². The highest BCUT2D eigenvalue weighted by Crippen LogP contribution is 2.21. The molecule has 4 nitrogen and oxygen atoms in total. The van der Waals surface area contributed by atoms with E-state index in [2.05, 4.69) is 57.6 Å². The number of piperazine rings is 1. The number of carbonyl (C=O) groups is 1. The molecule has 0 radical (unpaired) electrons. The third-order valence-electron chi connectivity index (χ3n) is 5.53. The van der Waals surface area contributed by atoms with Crippen molar-refractivity contribution in [3.05, 3.63) is 48.0 Å². The zero-order chi connectivity index (χ0) is 17.2. The van der Waals surface area contributed by atoms with Crippen molar-refractivity contribution in [3.8, 4) is 0 Å². The Bertz CT molecular complexity index is 742. The molecule has 4 heteroatoms. The standard InChI is InChI=1S/C21H27N3O/c1-16(21(25)22-19-9-10-19)24-13-11-23(12-14-24)15-18-7-4-6-17-5-2-3-8-20(17)18/h2-8,16,19H,9-15H2,1H3,(H,22,25). The van der Waals surface area contributed by atoms with E-state index in [1.165, 1.54) is 16.3 Å². The molecule has 1 atom stereocenters. The fourth-order valence-electron chi connectivity index (χ4n) is 3.70.